The van der Waals surface area contributed by atoms with E-state index in [4.69, 9.17) is 0 Å². The van der Waals surface area contributed by atoms with E-state index >= 15 is 0 Å². The van der Waals surface area contributed by atoms with Crippen LogP contribution in [0.1, 0.15) is 29.9 Å². The van der Waals surface area contributed by atoms with Gasteiger partial charge in [-0.25, -0.2) is 0 Å². The van der Waals surface area contributed by atoms with Gasteiger partial charge in [-0.3, -0.25) is 4.99 Å². The van der Waals surface area contributed by atoms with Crippen LogP contribution in [0.15, 0.2) is 46.8 Å². The number of benzene rings is 1. The third kappa shape index (κ3) is 5.87. The Morgan fingerprint density at radius 1 is 1.08 bits per heavy atom. The van der Waals surface area contributed by atoms with Crippen molar-refractivity contribution in [3.05, 3.63) is 57.8 Å². The predicted molar refractivity (Wildman–Crippen MR) is 109 cm³/mol. The summed E-state index contributed by atoms with van der Waals surface area (Å²) in [5.74, 6) is 0.837. The highest BCUT2D eigenvalue weighted by molar-refractivity contribution is 7.10. The Morgan fingerprint density at radius 3 is 2.40 bits per heavy atom. The van der Waals surface area contributed by atoms with Gasteiger partial charge < -0.3 is 15.5 Å². The number of hydrogen-bond acceptors (Lipinski definition) is 3. The molecule has 1 aromatic carbocycles. The average Bonchev–Trinajstić information content (AvgIpc) is 3.11. The second kappa shape index (κ2) is 9.02. The maximum atomic E-state index is 4.37. The molecule has 25 heavy (non-hydrogen) atoms. The van der Waals surface area contributed by atoms with Crippen molar-refractivity contribution in [2.45, 2.75) is 32.4 Å². The zero-order valence-corrected chi connectivity index (χ0v) is 16.8. The Labute approximate surface area is 156 Å². The molecule has 1 heterocycles. The summed E-state index contributed by atoms with van der Waals surface area (Å²) < 4.78 is 0. The van der Waals surface area contributed by atoms with Gasteiger partial charge in [0.05, 0.1) is 0 Å². The molecule has 0 fully saturated rings. The molecule has 0 radical (unpaired) electrons. The minimum Gasteiger partial charge on any atom is -0.356 e. The van der Waals surface area contributed by atoms with Crippen molar-refractivity contribution >= 4 is 17.3 Å². The number of rotatable bonds is 7. The van der Waals surface area contributed by atoms with Crippen molar-refractivity contribution in [2.24, 2.45) is 4.99 Å². The van der Waals surface area contributed by atoms with Crippen molar-refractivity contribution in [2.75, 3.05) is 27.7 Å². The van der Waals surface area contributed by atoms with E-state index in [1.165, 1.54) is 16.0 Å². The third-order valence-corrected chi connectivity index (χ3v) is 5.40. The average molecular weight is 359 g/mol. The largest absolute Gasteiger partial charge is 0.356 e. The molecule has 4 nitrogen and oxygen atoms in total. The first-order valence-electron chi connectivity index (χ1n) is 8.62. The quantitative estimate of drug-likeness (QED) is 0.588. The summed E-state index contributed by atoms with van der Waals surface area (Å²) >= 11 is 1.80. The molecule has 0 aliphatic carbocycles. The molecular weight excluding hydrogens is 328 g/mol. The lowest BCUT2D eigenvalue weighted by Crippen LogP contribution is -2.43. The Bertz CT molecular complexity index is 675. The third-order valence-electron chi connectivity index (χ3n) is 4.16. The van der Waals surface area contributed by atoms with Crippen LogP contribution in [0.2, 0.25) is 0 Å². The molecule has 0 aliphatic rings. The zero-order chi connectivity index (χ0) is 18.3. The molecule has 5 heteroatoms. The molecule has 0 unspecified atom stereocenters. The summed E-state index contributed by atoms with van der Waals surface area (Å²) in [7, 11) is 6.01. The van der Waals surface area contributed by atoms with E-state index in [0.29, 0.717) is 0 Å². The van der Waals surface area contributed by atoms with E-state index < -0.39 is 0 Å². The topological polar surface area (TPSA) is 39.7 Å². The van der Waals surface area contributed by atoms with Gasteiger partial charge in [-0.15, -0.1) is 11.3 Å². The summed E-state index contributed by atoms with van der Waals surface area (Å²) in [5.41, 5.74) is 2.72. The summed E-state index contributed by atoms with van der Waals surface area (Å²) in [6.07, 6.45) is 0. The second-order valence-electron chi connectivity index (χ2n) is 7.15. The molecule has 0 saturated carbocycles. The molecular formula is C20H30N4S. The Morgan fingerprint density at radius 2 is 1.80 bits per heavy atom. The van der Waals surface area contributed by atoms with Crippen LogP contribution >= 0.6 is 11.3 Å². The summed E-state index contributed by atoms with van der Waals surface area (Å²) in [5, 5.41) is 9.04. The Hall–Kier alpha value is -1.85. The van der Waals surface area contributed by atoms with Gasteiger partial charge in [0, 0.05) is 37.0 Å². The molecule has 0 atom stereocenters. The SMILES string of the molecule is CN=C(NCc1ccccc1CN(C)C)NCC(C)(C)c1cccs1. The van der Waals surface area contributed by atoms with Gasteiger partial charge in [0.25, 0.3) is 0 Å². The second-order valence-corrected chi connectivity index (χ2v) is 8.09. The highest BCUT2D eigenvalue weighted by atomic mass is 32.1. The highest BCUT2D eigenvalue weighted by Crippen LogP contribution is 2.26. The molecule has 0 spiro atoms. The normalized spacial score (nSPS) is 12.5. The lowest BCUT2D eigenvalue weighted by molar-refractivity contribution is 0.400. The maximum Gasteiger partial charge on any atom is 0.191 e. The van der Waals surface area contributed by atoms with Crippen LogP contribution < -0.4 is 10.6 Å². The van der Waals surface area contributed by atoms with Crippen LogP contribution in [0.5, 0.6) is 0 Å². The molecule has 2 aromatic rings. The minimum absolute atomic E-state index is 0.0780. The first-order valence-corrected chi connectivity index (χ1v) is 9.50. The molecule has 2 rings (SSSR count). The van der Waals surface area contributed by atoms with E-state index in [1.807, 2.05) is 7.05 Å². The molecule has 0 amide bonds. The summed E-state index contributed by atoms with van der Waals surface area (Å²) in [6, 6.07) is 12.9. The van der Waals surface area contributed by atoms with Crippen molar-refractivity contribution in [3.63, 3.8) is 0 Å². The number of aliphatic imine (C=N–C) groups is 1. The van der Waals surface area contributed by atoms with Crippen LogP contribution in [0.4, 0.5) is 0 Å². The van der Waals surface area contributed by atoms with Gasteiger partial charge in [0.2, 0.25) is 0 Å². The van der Waals surface area contributed by atoms with Crippen LogP contribution in [-0.2, 0) is 18.5 Å². The van der Waals surface area contributed by atoms with Crippen molar-refractivity contribution < 1.29 is 0 Å². The van der Waals surface area contributed by atoms with Gasteiger partial charge in [0.15, 0.2) is 5.96 Å². The van der Waals surface area contributed by atoms with Crippen LogP contribution in [0, 0.1) is 0 Å². The van der Waals surface area contributed by atoms with Crippen LogP contribution in [0.3, 0.4) is 0 Å². The molecule has 2 N–H and O–H groups in total. The van der Waals surface area contributed by atoms with E-state index in [9.17, 15) is 0 Å². The minimum atomic E-state index is 0.0780. The number of thiophene rings is 1. The van der Waals surface area contributed by atoms with E-state index in [-0.39, 0.29) is 5.41 Å². The van der Waals surface area contributed by atoms with Crippen molar-refractivity contribution in [3.8, 4) is 0 Å². The van der Waals surface area contributed by atoms with Gasteiger partial charge in [-0.05, 0) is 36.7 Å². The number of guanidine groups is 1. The van der Waals surface area contributed by atoms with Crippen molar-refractivity contribution in [1.82, 2.24) is 15.5 Å². The number of nitrogens with one attached hydrogen (secondary N) is 2. The van der Waals surface area contributed by atoms with E-state index in [2.05, 4.69) is 90.2 Å². The summed E-state index contributed by atoms with van der Waals surface area (Å²) in [6.45, 7) is 7.06. The number of hydrogen-bond donors (Lipinski definition) is 2. The monoisotopic (exact) mass is 358 g/mol. The van der Waals surface area contributed by atoms with Crippen LogP contribution in [-0.4, -0.2) is 38.5 Å². The van der Waals surface area contributed by atoms with Gasteiger partial charge in [-0.1, -0.05) is 44.2 Å². The van der Waals surface area contributed by atoms with E-state index in [0.717, 1.165) is 25.6 Å². The lowest BCUT2D eigenvalue weighted by atomic mass is 9.91. The summed E-state index contributed by atoms with van der Waals surface area (Å²) in [4.78, 5) is 7.94. The predicted octanol–water partition coefficient (Wildman–Crippen LogP) is 3.45. The van der Waals surface area contributed by atoms with Gasteiger partial charge in [0.1, 0.15) is 0 Å². The molecule has 0 aliphatic heterocycles. The highest BCUT2D eigenvalue weighted by Gasteiger charge is 2.21. The van der Waals surface area contributed by atoms with Crippen molar-refractivity contribution in [1.29, 1.82) is 0 Å². The fraction of sp³-hybridized carbons (Fsp3) is 0.450. The first-order chi connectivity index (χ1) is 11.9. The molecule has 1 aromatic heterocycles. The standard InChI is InChI=1S/C20H30N4S/c1-20(2,18-11-8-12-25-18)15-23-19(21-3)22-13-16-9-6-7-10-17(16)14-24(4)5/h6-12H,13-15H2,1-5H3,(H2,21,22,23). The van der Waals surface area contributed by atoms with Gasteiger partial charge >= 0.3 is 0 Å². The van der Waals surface area contributed by atoms with Crippen LogP contribution in [0.25, 0.3) is 0 Å². The Kier molecular flexibility index (Phi) is 7.02. The molecule has 136 valence electrons. The maximum absolute atomic E-state index is 4.37. The van der Waals surface area contributed by atoms with Gasteiger partial charge in [-0.2, -0.15) is 0 Å². The smallest absolute Gasteiger partial charge is 0.191 e. The lowest BCUT2D eigenvalue weighted by Gasteiger charge is -2.25. The fourth-order valence-electron chi connectivity index (χ4n) is 2.68. The number of nitrogens with zero attached hydrogens (tertiary/aromatic N) is 2. The Balaban J connectivity index is 1.93. The first kappa shape index (κ1) is 19.5. The van der Waals surface area contributed by atoms with E-state index in [1.54, 1.807) is 11.3 Å². The fourth-order valence-corrected chi connectivity index (χ4v) is 3.53. The molecule has 0 bridgehead atoms. The zero-order valence-electron chi connectivity index (χ0n) is 16.0. The molecule has 0 saturated heterocycles.